The first-order chi connectivity index (χ1) is 8.09. The quantitative estimate of drug-likeness (QED) is 0.842. The minimum atomic E-state index is -1.14. The van der Waals surface area contributed by atoms with Gasteiger partial charge in [-0.2, -0.15) is 0 Å². The van der Waals surface area contributed by atoms with E-state index in [1.165, 1.54) is 4.57 Å². The summed E-state index contributed by atoms with van der Waals surface area (Å²) in [6.07, 6.45) is 1.17. The number of nitrogens with zero attached hydrogens (tertiary/aromatic N) is 1. The summed E-state index contributed by atoms with van der Waals surface area (Å²) >= 11 is 0. The van der Waals surface area contributed by atoms with Gasteiger partial charge in [0.05, 0.1) is 6.42 Å². The summed E-state index contributed by atoms with van der Waals surface area (Å²) < 4.78 is 1.48. The predicted octanol–water partition coefficient (Wildman–Crippen LogP) is 1.74. The number of hydrogen-bond donors (Lipinski definition) is 2. The summed E-state index contributed by atoms with van der Waals surface area (Å²) in [5.41, 5.74) is 0.723. The topological polar surface area (TPSA) is 79.5 Å². The Kier molecular flexibility index (Phi) is 2.82. The fourth-order valence-corrected chi connectivity index (χ4v) is 1.85. The summed E-state index contributed by atoms with van der Waals surface area (Å²) in [5.74, 6) is -2.27. The molecule has 2 N–H and O–H groups in total. The Balaban J connectivity index is 2.48. The first kappa shape index (κ1) is 11.2. The van der Waals surface area contributed by atoms with E-state index in [0.717, 1.165) is 10.9 Å². The summed E-state index contributed by atoms with van der Waals surface area (Å²) in [5, 5.41) is 18.7. The third-order valence-corrected chi connectivity index (χ3v) is 2.62. The van der Waals surface area contributed by atoms with Gasteiger partial charge in [0.2, 0.25) is 0 Å². The molecule has 0 aliphatic rings. The van der Waals surface area contributed by atoms with Crippen molar-refractivity contribution < 1.29 is 19.8 Å². The highest BCUT2D eigenvalue weighted by atomic mass is 16.4. The van der Waals surface area contributed by atoms with Crippen LogP contribution in [0.15, 0.2) is 36.5 Å². The zero-order valence-corrected chi connectivity index (χ0v) is 8.91. The second-order valence-corrected chi connectivity index (χ2v) is 3.73. The average Bonchev–Trinajstić information content (AvgIpc) is 2.69. The Labute approximate surface area is 96.9 Å². The van der Waals surface area contributed by atoms with Crippen LogP contribution < -0.4 is 0 Å². The van der Waals surface area contributed by atoms with Gasteiger partial charge in [0, 0.05) is 11.7 Å². The highest BCUT2D eigenvalue weighted by Crippen LogP contribution is 2.22. The molecule has 2 rings (SSSR count). The predicted molar refractivity (Wildman–Crippen MR) is 60.9 cm³/mol. The molecule has 0 aliphatic carbocycles. The van der Waals surface area contributed by atoms with Crippen molar-refractivity contribution in [3.05, 3.63) is 36.5 Å². The molecule has 1 aromatic heterocycles. The SMILES string of the molecule is O=C(O)CC(C(=O)O)n1ccc2ccccc21. The fraction of sp³-hybridized carbons (Fsp3) is 0.167. The standard InChI is InChI=1S/C12H11NO4/c14-11(15)7-10(12(16)17)13-6-5-8-3-1-2-4-9(8)13/h1-6,10H,7H2,(H,14,15)(H,16,17). The van der Waals surface area contributed by atoms with Crippen LogP contribution in [0.25, 0.3) is 10.9 Å². The van der Waals surface area contributed by atoms with Crippen LogP contribution >= 0.6 is 0 Å². The van der Waals surface area contributed by atoms with E-state index in [1.807, 2.05) is 12.1 Å². The van der Waals surface area contributed by atoms with Crippen molar-refractivity contribution in [3.8, 4) is 0 Å². The van der Waals surface area contributed by atoms with Crippen molar-refractivity contribution in [1.29, 1.82) is 0 Å². The van der Waals surface area contributed by atoms with Crippen LogP contribution in [0, 0.1) is 0 Å². The lowest BCUT2D eigenvalue weighted by molar-refractivity contribution is -0.147. The molecular weight excluding hydrogens is 222 g/mol. The maximum absolute atomic E-state index is 11.1. The molecule has 0 saturated heterocycles. The largest absolute Gasteiger partial charge is 0.481 e. The Hall–Kier alpha value is -2.30. The van der Waals surface area contributed by atoms with Crippen molar-refractivity contribution >= 4 is 22.8 Å². The molecule has 17 heavy (non-hydrogen) atoms. The molecule has 0 amide bonds. The Morgan fingerprint density at radius 3 is 2.53 bits per heavy atom. The molecule has 1 aromatic carbocycles. The number of aromatic nitrogens is 1. The van der Waals surface area contributed by atoms with Crippen LogP contribution in [0.5, 0.6) is 0 Å². The Morgan fingerprint density at radius 2 is 1.88 bits per heavy atom. The summed E-state index contributed by atoms with van der Waals surface area (Å²) in [6, 6.07) is 7.96. The number of carbonyl (C=O) groups is 2. The molecule has 5 nitrogen and oxygen atoms in total. The second-order valence-electron chi connectivity index (χ2n) is 3.73. The van der Waals surface area contributed by atoms with Gasteiger partial charge in [-0.05, 0) is 17.5 Å². The normalized spacial score (nSPS) is 12.5. The molecule has 0 spiro atoms. The van der Waals surface area contributed by atoms with E-state index in [-0.39, 0.29) is 0 Å². The van der Waals surface area contributed by atoms with Crippen molar-refractivity contribution in [1.82, 2.24) is 4.57 Å². The zero-order valence-electron chi connectivity index (χ0n) is 8.91. The summed E-state index contributed by atoms with van der Waals surface area (Å²) in [6.45, 7) is 0. The van der Waals surface area contributed by atoms with Gasteiger partial charge in [0.1, 0.15) is 6.04 Å². The molecule has 0 bridgehead atoms. The van der Waals surface area contributed by atoms with Crippen molar-refractivity contribution in [2.24, 2.45) is 0 Å². The molecule has 0 saturated carbocycles. The number of para-hydroxylation sites is 1. The van der Waals surface area contributed by atoms with E-state index >= 15 is 0 Å². The van der Waals surface area contributed by atoms with Gasteiger partial charge in [-0.3, -0.25) is 4.79 Å². The van der Waals surface area contributed by atoms with Crippen LogP contribution in [-0.2, 0) is 9.59 Å². The van der Waals surface area contributed by atoms with Gasteiger partial charge < -0.3 is 14.8 Å². The summed E-state index contributed by atoms with van der Waals surface area (Å²) in [7, 11) is 0. The smallest absolute Gasteiger partial charge is 0.327 e. The Morgan fingerprint density at radius 1 is 1.18 bits per heavy atom. The lowest BCUT2D eigenvalue weighted by atomic mass is 10.2. The van der Waals surface area contributed by atoms with Crippen molar-refractivity contribution in [3.63, 3.8) is 0 Å². The number of benzene rings is 1. The maximum Gasteiger partial charge on any atom is 0.327 e. The molecule has 1 heterocycles. The van der Waals surface area contributed by atoms with E-state index in [4.69, 9.17) is 10.2 Å². The van der Waals surface area contributed by atoms with E-state index in [9.17, 15) is 9.59 Å². The maximum atomic E-state index is 11.1. The van der Waals surface area contributed by atoms with Crippen LogP contribution in [0.3, 0.4) is 0 Å². The lowest BCUT2D eigenvalue weighted by Gasteiger charge is -2.13. The minimum absolute atomic E-state index is 0.437. The van der Waals surface area contributed by atoms with Gasteiger partial charge in [0.15, 0.2) is 0 Å². The zero-order chi connectivity index (χ0) is 12.4. The number of aliphatic carboxylic acids is 2. The molecule has 0 radical (unpaired) electrons. The van der Waals surface area contributed by atoms with Crippen molar-refractivity contribution in [2.75, 3.05) is 0 Å². The van der Waals surface area contributed by atoms with E-state index in [0.29, 0.717) is 0 Å². The Bertz CT molecular complexity index is 573. The molecule has 0 aliphatic heterocycles. The first-order valence-electron chi connectivity index (χ1n) is 5.10. The highest BCUT2D eigenvalue weighted by molar-refractivity contribution is 5.85. The van der Waals surface area contributed by atoms with Crippen molar-refractivity contribution in [2.45, 2.75) is 12.5 Å². The fourth-order valence-electron chi connectivity index (χ4n) is 1.85. The van der Waals surface area contributed by atoms with Gasteiger partial charge in [-0.25, -0.2) is 4.79 Å². The molecule has 0 fully saturated rings. The molecule has 5 heteroatoms. The monoisotopic (exact) mass is 233 g/mol. The summed E-state index contributed by atoms with van der Waals surface area (Å²) in [4.78, 5) is 21.8. The van der Waals surface area contributed by atoms with Gasteiger partial charge in [-0.15, -0.1) is 0 Å². The molecule has 1 unspecified atom stereocenters. The van der Waals surface area contributed by atoms with E-state index < -0.39 is 24.4 Å². The number of hydrogen-bond acceptors (Lipinski definition) is 2. The number of carboxylic acid groups (broad SMARTS) is 2. The third-order valence-electron chi connectivity index (χ3n) is 2.62. The van der Waals surface area contributed by atoms with E-state index in [2.05, 4.69) is 0 Å². The van der Waals surface area contributed by atoms with Gasteiger partial charge in [-0.1, -0.05) is 18.2 Å². The molecule has 88 valence electrons. The van der Waals surface area contributed by atoms with Crippen LogP contribution in [-0.4, -0.2) is 26.7 Å². The van der Waals surface area contributed by atoms with Gasteiger partial charge in [0.25, 0.3) is 0 Å². The number of fused-ring (bicyclic) bond motifs is 1. The highest BCUT2D eigenvalue weighted by Gasteiger charge is 2.23. The number of carboxylic acids is 2. The molecule has 1 atom stereocenters. The van der Waals surface area contributed by atoms with Gasteiger partial charge >= 0.3 is 11.9 Å². The average molecular weight is 233 g/mol. The molecular formula is C12H11NO4. The minimum Gasteiger partial charge on any atom is -0.481 e. The van der Waals surface area contributed by atoms with E-state index in [1.54, 1.807) is 24.4 Å². The lowest BCUT2D eigenvalue weighted by Crippen LogP contribution is -2.21. The number of rotatable bonds is 4. The van der Waals surface area contributed by atoms with Crippen LogP contribution in [0.1, 0.15) is 12.5 Å². The van der Waals surface area contributed by atoms with Crippen LogP contribution in [0.2, 0.25) is 0 Å². The first-order valence-corrected chi connectivity index (χ1v) is 5.10. The van der Waals surface area contributed by atoms with Crippen LogP contribution in [0.4, 0.5) is 0 Å². The molecule has 2 aromatic rings. The second kappa shape index (κ2) is 4.29. The third kappa shape index (κ3) is 2.13.